The number of hydrogen-bond donors (Lipinski definition) is 1. The van der Waals surface area contributed by atoms with Crippen molar-refractivity contribution in [2.24, 2.45) is 5.92 Å². The summed E-state index contributed by atoms with van der Waals surface area (Å²) in [5, 5.41) is 2.03. The molecule has 23 heavy (non-hydrogen) atoms. The molecular weight excluding hydrogens is 334 g/mol. The first-order valence-electron chi connectivity index (χ1n) is 7.35. The molecule has 1 saturated heterocycles. The molecule has 1 fully saturated rings. The van der Waals surface area contributed by atoms with E-state index in [0.29, 0.717) is 11.7 Å². The van der Waals surface area contributed by atoms with E-state index in [9.17, 15) is 13.2 Å². The van der Waals surface area contributed by atoms with Gasteiger partial charge in [0, 0.05) is 29.7 Å². The van der Waals surface area contributed by atoms with Crippen LogP contribution in [0.2, 0.25) is 0 Å². The number of nitrogens with one attached hydrogen (secondary N) is 1. The van der Waals surface area contributed by atoms with E-state index in [0.717, 1.165) is 18.5 Å². The molecule has 0 saturated carbocycles. The molecular formula is C15H17N3O3S2. The van der Waals surface area contributed by atoms with Crippen LogP contribution in [0.1, 0.15) is 19.8 Å². The summed E-state index contributed by atoms with van der Waals surface area (Å²) < 4.78 is 27.0. The number of nitrogens with zero attached hydrogens (tertiary/aromatic N) is 2. The van der Waals surface area contributed by atoms with Gasteiger partial charge in [0.1, 0.15) is 0 Å². The Kier molecular flexibility index (Phi) is 4.36. The minimum absolute atomic E-state index is 0.0741. The molecule has 1 aliphatic heterocycles. The minimum atomic E-state index is -3.66. The summed E-state index contributed by atoms with van der Waals surface area (Å²) in [6.07, 6.45) is 3.22. The molecule has 3 rings (SSSR count). The monoisotopic (exact) mass is 351 g/mol. The van der Waals surface area contributed by atoms with Crippen LogP contribution in [0.25, 0.3) is 0 Å². The zero-order valence-corrected chi connectivity index (χ0v) is 14.2. The van der Waals surface area contributed by atoms with E-state index in [1.807, 2.05) is 6.92 Å². The molecule has 1 amide bonds. The molecule has 6 nitrogen and oxygen atoms in total. The summed E-state index contributed by atoms with van der Waals surface area (Å²) in [7, 11) is -3.66. The number of aromatic nitrogens is 1. The Balaban J connectivity index is 1.78. The average molecular weight is 351 g/mol. The van der Waals surface area contributed by atoms with Gasteiger partial charge in [0.2, 0.25) is 5.91 Å². The van der Waals surface area contributed by atoms with Gasteiger partial charge in [-0.3, -0.25) is 9.52 Å². The summed E-state index contributed by atoms with van der Waals surface area (Å²) in [6, 6.07) is 6.37. The predicted molar refractivity (Wildman–Crippen MR) is 90.1 cm³/mol. The zero-order chi connectivity index (χ0) is 16.4. The van der Waals surface area contributed by atoms with Gasteiger partial charge in [-0.1, -0.05) is 6.92 Å². The lowest BCUT2D eigenvalue weighted by atomic mass is 10.1. The van der Waals surface area contributed by atoms with Crippen LogP contribution in [0, 0.1) is 5.92 Å². The number of amides is 1. The molecule has 1 aromatic carbocycles. The van der Waals surface area contributed by atoms with Crippen molar-refractivity contribution < 1.29 is 13.2 Å². The molecule has 2 aromatic rings. The van der Waals surface area contributed by atoms with Crippen LogP contribution in [0.3, 0.4) is 0 Å². The van der Waals surface area contributed by atoms with Gasteiger partial charge in [-0.25, -0.2) is 13.4 Å². The molecule has 122 valence electrons. The summed E-state index contributed by atoms with van der Waals surface area (Å²) in [5.41, 5.74) is 0.735. The second kappa shape index (κ2) is 6.29. The van der Waals surface area contributed by atoms with Crippen LogP contribution in [-0.4, -0.2) is 25.9 Å². The van der Waals surface area contributed by atoms with Crippen LogP contribution in [0.4, 0.5) is 10.8 Å². The molecule has 0 aliphatic carbocycles. The summed E-state index contributed by atoms with van der Waals surface area (Å²) >= 11 is 1.22. The molecule has 0 spiro atoms. The first-order chi connectivity index (χ1) is 11.0. The molecule has 1 unspecified atom stereocenters. The molecule has 1 atom stereocenters. The smallest absolute Gasteiger partial charge is 0.263 e. The maximum atomic E-state index is 12.3. The number of thiazole rings is 1. The Morgan fingerprint density at radius 3 is 2.65 bits per heavy atom. The second-order valence-corrected chi connectivity index (χ2v) is 7.90. The number of anilines is 2. The molecule has 1 N–H and O–H groups in total. The SMILES string of the molecule is CCC1CCN(c2ccc(S(=O)(=O)Nc3nccs3)cc2)C1=O. The summed E-state index contributed by atoms with van der Waals surface area (Å²) in [6.45, 7) is 2.69. The van der Waals surface area contributed by atoms with Crippen molar-refractivity contribution in [2.45, 2.75) is 24.7 Å². The van der Waals surface area contributed by atoms with E-state index < -0.39 is 10.0 Å². The van der Waals surface area contributed by atoms with E-state index in [1.54, 1.807) is 22.4 Å². The quantitative estimate of drug-likeness (QED) is 0.898. The van der Waals surface area contributed by atoms with Gasteiger partial charge in [0.05, 0.1) is 4.90 Å². The third-order valence-corrected chi connectivity index (χ3v) is 6.09. The van der Waals surface area contributed by atoms with Crippen molar-refractivity contribution in [3.05, 3.63) is 35.8 Å². The standard InChI is InChI=1S/C15H17N3O3S2/c1-2-11-7-9-18(14(11)19)12-3-5-13(6-4-12)23(20,21)17-15-16-8-10-22-15/h3-6,8,10-11H,2,7,9H2,1H3,(H,16,17). The normalized spacial score (nSPS) is 18.4. The van der Waals surface area contributed by atoms with Crippen molar-refractivity contribution in [3.8, 4) is 0 Å². The van der Waals surface area contributed by atoms with Gasteiger partial charge in [-0.15, -0.1) is 11.3 Å². The van der Waals surface area contributed by atoms with Gasteiger partial charge >= 0.3 is 0 Å². The Bertz CT molecular complexity index is 786. The number of hydrogen-bond acceptors (Lipinski definition) is 5. The number of carbonyl (C=O) groups excluding carboxylic acids is 1. The summed E-state index contributed by atoms with van der Waals surface area (Å²) in [5.74, 6) is 0.189. The average Bonchev–Trinajstić information content (AvgIpc) is 3.16. The van der Waals surface area contributed by atoms with Crippen LogP contribution in [0.15, 0.2) is 40.7 Å². The van der Waals surface area contributed by atoms with E-state index in [2.05, 4.69) is 9.71 Å². The van der Waals surface area contributed by atoms with E-state index in [4.69, 9.17) is 0 Å². The van der Waals surface area contributed by atoms with Gasteiger partial charge in [0.25, 0.3) is 10.0 Å². The lowest BCUT2D eigenvalue weighted by Gasteiger charge is -2.17. The maximum absolute atomic E-state index is 12.3. The maximum Gasteiger partial charge on any atom is 0.263 e. The third kappa shape index (κ3) is 3.23. The number of rotatable bonds is 5. The second-order valence-electron chi connectivity index (χ2n) is 5.32. The number of carbonyl (C=O) groups is 1. The number of benzene rings is 1. The fourth-order valence-corrected chi connectivity index (χ4v) is 4.42. The molecule has 0 bridgehead atoms. The summed E-state index contributed by atoms with van der Waals surface area (Å²) in [4.78, 5) is 18.0. The number of sulfonamides is 1. The van der Waals surface area contributed by atoms with Crippen molar-refractivity contribution in [1.29, 1.82) is 0 Å². The third-order valence-electron chi connectivity index (χ3n) is 3.92. The minimum Gasteiger partial charge on any atom is -0.312 e. The molecule has 0 radical (unpaired) electrons. The highest BCUT2D eigenvalue weighted by atomic mass is 32.2. The fraction of sp³-hybridized carbons (Fsp3) is 0.333. The van der Waals surface area contributed by atoms with E-state index >= 15 is 0 Å². The van der Waals surface area contributed by atoms with Gasteiger partial charge < -0.3 is 4.90 Å². The van der Waals surface area contributed by atoms with Crippen molar-refractivity contribution >= 4 is 38.1 Å². The van der Waals surface area contributed by atoms with Crippen LogP contribution in [0.5, 0.6) is 0 Å². The lowest BCUT2D eigenvalue weighted by Crippen LogP contribution is -2.26. The van der Waals surface area contributed by atoms with Gasteiger partial charge in [0.15, 0.2) is 5.13 Å². The fourth-order valence-electron chi connectivity index (χ4n) is 2.63. The Morgan fingerprint density at radius 1 is 1.35 bits per heavy atom. The molecule has 2 heterocycles. The van der Waals surface area contributed by atoms with Crippen LogP contribution < -0.4 is 9.62 Å². The van der Waals surface area contributed by atoms with E-state index in [-0.39, 0.29) is 16.7 Å². The predicted octanol–water partition coefficient (Wildman–Crippen LogP) is 2.71. The van der Waals surface area contributed by atoms with Crippen molar-refractivity contribution in [1.82, 2.24) is 4.98 Å². The van der Waals surface area contributed by atoms with Gasteiger partial charge in [-0.05, 0) is 37.1 Å². The Labute approximate surface area is 139 Å². The molecule has 8 heteroatoms. The van der Waals surface area contributed by atoms with Crippen molar-refractivity contribution in [2.75, 3.05) is 16.2 Å². The van der Waals surface area contributed by atoms with Gasteiger partial charge in [-0.2, -0.15) is 0 Å². The Hall–Kier alpha value is -1.93. The van der Waals surface area contributed by atoms with Crippen molar-refractivity contribution in [3.63, 3.8) is 0 Å². The molecule has 1 aliphatic rings. The highest BCUT2D eigenvalue weighted by Crippen LogP contribution is 2.28. The van der Waals surface area contributed by atoms with Crippen LogP contribution >= 0.6 is 11.3 Å². The first-order valence-corrected chi connectivity index (χ1v) is 9.71. The molecule has 1 aromatic heterocycles. The zero-order valence-electron chi connectivity index (χ0n) is 12.6. The first kappa shape index (κ1) is 15.9. The topological polar surface area (TPSA) is 79.4 Å². The van der Waals surface area contributed by atoms with E-state index in [1.165, 1.54) is 29.7 Å². The highest BCUT2D eigenvalue weighted by molar-refractivity contribution is 7.93. The largest absolute Gasteiger partial charge is 0.312 e. The highest BCUT2D eigenvalue weighted by Gasteiger charge is 2.31. The lowest BCUT2D eigenvalue weighted by molar-refractivity contribution is -0.120. The Morgan fingerprint density at radius 2 is 2.09 bits per heavy atom. The van der Waals surface area contributed by atoms with Crippen LogP contribution in [-0.2, 0) is 14.8 Å².